The van der Waals surface area contributed by atoms with Crippen LogP contribution < -0.4 is 10.6 Å². The van der Waals surface area contributed by atoms with E-state index in [1.54, 1.807) is 0 Å². The van der Waals surface area contributed by atoms with Gasteiger partial charge >= 0.3 is 0 Å². The van der Waals surface area contributed by atoms with E-state index in [1.165, 1.54) is 6.42 Å². The van der Waals surface area contributed by atoms with E-state index in [0.29, 0.717) is 12.0 Å². The minimum atomic E-state index is 0.248. The van der Waals surface area contributed by atoms with E-state index >= 15 is 0 Å². The smallest absolute Gasteiger partial charge is 0.220 e. The minimum absolute atomic E-state index is 0.248. The van der Waals surface area contributed by atoms with Gasteiger partial charge in [-0.2, -0.15) is 0 Å². The van der Waals surface area contributed by atoms with Crippen LogP contribution in [0.15, 0.2) is 0 Å². The van der Waals surface area contributed by atoms with E-state index in [1.807, 2.05) is 0 Å². The van der Waals surface area contributed by atoms with Crippen LogP contribution in [0.4, 0.5) is 0 Å². The van der Waals surface area contributed by atoms with Gasteiger partial charge in [-0.1, -0.05) is 0 Å². The molecule has 0 unspecified atom stereocenters. The van der Waals surface area contributed by atoms with E-state index in [9.17, 15) is 4.79 Å². The molecule has 2 aliphatic rings. The van der Waals surface area contributed by atoms with Crippen molar-refractivity contribution >= 4 is 5.91 Å². The quantitative estimate of drug-likeness (QED) is 0.545. The molecule has 2 heterocycles. The molecule has 68 valence electrons. The molecule has 0 radical (unpaired) electrons. The first-order valence-corrected chi connectivity index (χ1v) is 4.86. The van der Waals surface area contributed by atoms with Crippen LogP contribution in [0.1, 0.15) is 25.7 Å². The second-order valence-corrected chi connectivity index (χ2v) is 3.82. The van der Waals surface area contributed by atoms with Gasteiger partial charge in [-0.05, 0) is 38.3 Å². The Balaban J connectivity index is 1.99. The Hall–Kier alpha value is -0.570. The Bertz CT molecular complexity index is 181. The molecule has 0 spiro atoms. The summed E-state index contributed by atoms with van der Waals surface area (Å²) < 4.78 is 0. The Morgan fingerprint density at radius 2 is 2.25 bits per heavy atom. The average Bonchev–Trinajstić information content (AvgIpc) is 2.28. The molecule has 2 rings (SSSR count). The van der Waals surface area contributed by atoms with Crippen molar-refractivity contribution in [3.63, 3.8) is 0 Å². The number of piperidine rings is 1. The van der Waals surface area contributed by atoms with Crippen LogP contribution in [0.2, 0.25) is 0 Å². The van der Waals surface area contributed by atoms with Crippen LogP contribution in [0.25, 0.3) is 0 Å². The number of nitrogens with one attached hydrogen (secondary N) is 2. The minimum Gasteiger partial charge on any atom is -0.353 e. The zero-order valence-electron chi connectivity index (χ0n) is 7.31. The lowest BCUT2D eigenvalue weighted by atomic mass is 9.89. The number of hydrogen-bond donors (Lipinski definition) is 2. The summed E-state index contributed by atoms with van der Waals surface area (Å²) in [7, 11) is 0. The average molecular weight is 168 g/mol. The van der Waals surface area contributed by atoms with Crippen LogP contribution in [0, 0.1) is 5.92 Å². The Kier molecular flexibility index (Phi) is 2.30. The molecular formula is C9H16N2O. The highest BCUT2D eigenvalue weighted by Crippen LogP contribution is 2.21. The van der Waals surface area contributed by atoms with E-state index in [0.717, 1.165) is 32.4 Å². The van der Waals surface area contributed by atoms with Gasteiger partial charge in [-0.15, -0.1) is 0 Å². The van der Waals surface area contributed by atoms with Gasteiger partial charge in [0.25, 0.3) is 0 Å². The molecule has 2 N–H and O–H groups in total. The molecule has 12 heavy (non-hydrogen) atoms. The monoisotopic (exact) mass is 168 g/mol. The predicted molar refractivity (Wildman–Crippen MR) is 46.8 cm³/mol. The van der Waals surface area contributed by atoms with Gasteiger partial charge < -0.3 is 10.6 Å². The molecule has 0 saturated carbocycles. The summed E-state index contributed by atoms with van der Waals surface area (Å²) in [5, 5.41) is 6.49. The molecule has 1 amide bonds. The largest absolute Gasteiger partial charge is 0.353 e. The van der Waals surface area contributed by atoms with Crippen LogP contribution in [-0.2, 0) is 4.79 Å². The maximum absolute atomic E-state index is 11.1. The van der Waals surface area contributed by atoms with Crippen molar-refractivity contribution in [2.75, 3.05) is 13.1 Å². The highest BCUT2D eigenvalue weighted by molar-refractivity contribution is 5.77. The lowest BCUT2D eigenvalue weighted by molar-refractivity contribution is -0.124. The number of fused-ring (bicyclic) bond motifs is 1. The number of carbonyl (C=O) groups excluding carboxylic acids is 1. The zero-order valence-corrected chi connectivity index (χ0v) is 7.31. The zero-order chi connectivity index (χ0) is 8.39. The molecule has 2 fully saturated rings. The van der Waals surface area contributed by atoms with Crippen LogP contribution in [0.3, 0.4) is 0 Å². The Morgan fingerprint density at radius 3 is 3.17 bits per heavy atom. The first-order valence-electron chi connectivity index (χ1n) is 4.86. The van der Waals surface area contributed by atoms with Crippen molar-refractivity contribution in [1.82, 2.24) is 10.6 Å². The van der Waals surface area contributed by atoms with Gasteiger partial charge in [0, 0.05) is 12.5 Å². The first kappa shape index (κ1) is 8.05. The molecule has 0 aromatic carbocycles. The summed E-state index contributed by atoms with van der Waals surface area (Å²) in [6.45, 7) is 2.20. The fraction of sp³-hybridized carbons (Fsp3) is 0.889. The second-order valence-electron chi connectivity index (χ2n) is 3.82. The van der Waals surface area contributed by atoms with Gasteiger partial charge in [0.2, 0.25) is 5.91 Å². The number of amides is 1. The fourth-order valence-electron chi connectivity index (χ4n) is 2.20. The Morgan fingerprint density at radius 1 is 1.33 bits per heavy atom. The number of carbonyl (C=O) groups is 1. The van der Waals surface area contributed by atoms with Gasteiger partial charge in [0.15, 0.2) is 0 Å². The third-order valence-electron chi connectivity index (χ3n) is 2.93. The van der Waals surface area contributed by atoms with Gasteiger partial charge in [-0.25, -0.2) is 0 Å². The van der Waals surface area contributed by atoms with Crippen molar-refractivity contribution < 1.29 is 4.79 Å². The molecule has 3 nitrogen and oxygen atoms in total. The van der Waals surface area contributed by atoms with Gasteiger partial charge in [0.1, 0.15) is 0 Å². The molecule has 0 bridgehead atoms. The number of hydrogen-bond acceptors (Lipinski definition) is 2. The van der Waals surface area contributed by atoms with Crippen molar-refractivity contribution in [1.29, 1.82) is 0 Å². The van der Waals surface area contributed by atoms with Crippen molar-refractivity contribution in [2.24, 2.45) is 5.92 Å². The van der Waals surface area contributed by atoms with Crippen molar-refractivity contribution in [3.8, 4) is 0 Å². The second kappa shape index (κ2) is 3.44. The van der Waals surface area contributed by atoms with Crippen molar-refractivity contribution in [2.45, 2.75) is 31.7 Å². The maximum Gasteiger partial charge on any atom is 0.220 e. The van der Waals surface area contributed by atoms with Crippen LogP contribution in [0.5, 0.6) is 0 Å². The molecule has 2 aliphatic heterocycles. The van der Waals surface area contributed by atoms with E-state index < -0.39 is 0 Å². The topological polar surface area (TPSA) is 41.1 Å². The first-order chi connectivity index (χ1) is 5.86. The summed E-state index contributed by atoms with van der Waals surface area (Å²) in [6, 6.07) is 0.459. The molecule has 0 aromatic rings. The predicted octanol–water partition coefficient (Wildman–Crippen LogP) is 0.265. The SMILES string of the molecule is O=C1CC[C@@H]2CNCCC[C@H]2N1. The highest BCUT2D eigenvalue weighted by atomic mass is 16.1. The van der Waals surface area contributed by atoms with E-state index in [2.05, 4.69) is 10.6 Å². The lowest BCUT2D eigenvalue weighted by Crippen LogP contribution is -2.46. The van der Waals surface area contributed by atoms with Crippen LogP contribution >= 0.6 is 0 Å². The molecular weight excluding hydrogens is 152 g/mol. The highest BCUT2D eigenvalue weighted by Gasteiger charge is 2.28. The normalized spacial score (nSPS) is 36.5. The Labute approximate surface area is 72.9 Å². The van der Waals surface area contributed by atoms with Crippen molar-refractivity contribution in [3.05, 3.63) is 0 Å². The van der Waals surface area contributed by atoms with E-state index in [-0.39, 0.29) is 5.91 Å². The van der Waals surface area contributed by atoms with E-state index in [4.69, 9.17) is 0 Å². The summed E-state index contributed by atoms with van der Waals surface area (Å²) >= 11 is 0. The molecule has 0 aromatic heterocycles. The molecule has 3 heteroatoms. The summed E-state index contributed by atoms with van der Waals surface area (Å²) in [6.07, 6.45) is 4.15. The van der Waals surface area contributed by atoms with Gasteiger partial charge in [-0.3, -0.25) is 4.79 Å². The third-order valence-corrected chi connectivity index (χ3v) is 2.93. The summed E-state index contributed by atoms with van der Waals surface area (Å²) in [4.78, 5) is 11.1. The standard InChI is InChI=1S/C9H16N2O/c12-9-4-3-7-6-10-5-1-2-8(7)11-9/h7-8,10H,1-6H2,(H,11,12)/t7-,8-/m1/s1. The number of rotatable bonds is 0. The molecule has 2 saturated heterocycles. The molecule has 0 aliphatic carbocycles. The third kappa shape index (κ3) is 1.61. The maximum atomic E-state index is 11.1. The molecule has 2 atom stereocenters. The van der Waals surface area contributed by atoms with Gasteiger partial charge in [0.05, 0.1) is 0 Å². The lowest BCUT2D eigenvalue weighted by Gasteiger charge is -2.30. The summed E-state index contributed by atoms with van der Waals surface area (Å²) in [5.41, 5.74) is 0. The van der Waals surface area contributed by atoms with Crippen LogP contribution in [-0.4, -0.2) is 25.0 Å². The fourth-order valence-corrected chi connectivity index (χ4v) is 2.20. The summed E-state index contributed by atoms with van der Waals surface area (Å²) in [5.74, 6) is 0.934.